The smallest absolute Gasteiger partial charge is 0.314 e. The molecule has 10 heteroatoms. The molecule has 170 valence electrons. The summed E-state index contributed by atoms with van der Waals surface area (Å²) >= 11 is 6.01. The zero-order chi connectivity index (χ0) is 23.9. The molecule has 1 heterocycles. The topological polar surface area (TPSA) is 78.5 Å². The molecule has 2 N–H and O–H groups in total. The number of amides is 4. The fourth-order valence-corrected chi connectivity index (χ4v) is 3.42. The van der Waals surface area contributed by atoms with Crippen LogP contribution in [0, 0.1) is 0 Å². The molecule has 0 spiro atoms. The van der Waals surface area contributed by atoms with E-state index in [0.29, 0.717) is 4.90 Å². The summed E-state index contributed by atoms with van der Waals surface area (Å²) in [6, 6.07) is 10.8. The van der Waals surface area contributed by atoms with Crippen LogP contribution in [-0.4, -0.2) is 34.6 Å². The Hall–Kier alpha value is -3.07. The average Bonchev–Trinajstić information content (AvgIpc) is 2.94. The van der Waals surface area contributed by atoms with E-state index in [-0.39, 0.29) is 21.6 Å². The van der Waals surface area contributed by atoms with Gasteiger partial charge in [-0.15, -0.1) is 0 Å². The van der Waals surface area contributed by atoms with Crippen molar-refractivity contribution in [3.8, 4) is 0 Å². The van der Waals surface area contributed by atoms with Crippen LogP contribution in [0.4, 0.5) is 18.0 Å². The highest BCUT2D eigenvalue weighted by Gasteiger charge is 2.68. The van der Waals surface area contributed by atoms with Gasteiger partial charge in [-0.25, -0.2) is 4.79 Å². The first-order valence-electron chi connectivity index (χ1n) is 9.63. The lowest BCUT2D eigenvalue weighted by Gasteiger charge is -2.30. The van der Waals surface area contributed by atoms with E-state index >= 15 is 0 Å². The van der Waals surface area contributed by atoms with Crippen molar-refractivity contribution in [1.82, 2.24) is 15.5 Å². The highest BCUT2D eigenvalue weighted by atomic mass is 35.5. The number of carbonyl (C=O) groups excluding carboxylic acids is 3. The SMILES string of the molecule is CC(C)(C)c1ccc(C(=O)N[C@]2(C(F)(F)F)NC(=O)N(Cc3ccccc3Cl)C2=O)cc1. The van der Waals surface area contributed by atoms with Gasteiger partial charge in [-0.3, -0.25) is 19.8 Å². The molecule has 1 aliphatic heterocycles. The summed E-state index contributed by atoms with van der Waals surface area (Å²) in [4.78, 5) is 38.2. The molecule has 2 aromatic rings. The molecular weight excluding hydrogens is 447 g/mol. The maximum atomic E-state index is 14.0. The molecule has 2 aromatic carbocycles. The van der Waals surface area contributed by atoms with Gasteiger partial charge in [0.05, 0.1) is 6.54 Å². The minimum Gasteiger partial charge on any atom is -0.314 e. The fraction of sp³-hybridized carbons (Fsp3) is 0.318. The van der Waals surface area contributed by atoms with E-state index in [0.717, 1.165) is 5.56 Å². The molecule has 1 saturated heterocycles. The van der Waals surface area contributed by atoms with E-state index in [1.54, 1.807) is 34.9 Å². The van der Waals surface area contributed by atoms with Crippen LogP contribution in [0.15, 0.2) is 48.5 Å². The van der Waals surface area contributed by atoms with Crippen molar-refractivity contribution in [2.24, 2.45) is 0 Å². The number of rotatable bonds is 4. The van der Waals surface area contributed by atoms with E-state index in [4.69, 9.17) is 11.6 Å². The van der Waals surface area contributed by atoms with Crippen molar-refractivity contribution in [3.63, 3.8) is 0 Å². The van der Waals surface area contributed by atoms with Crippen molar-refractivity contribution in [1.29, 1.82) is 0 Å². The van der Waals surface area contributed by atoms with Crippen LogP contribution in [0.5, 0.6) is 0 Å². The first-order chi connectivity index (χ1) is 14.8. The van der Waals surface area contributed by atoms with Gasteiger partial charge in [0.2, 0.25) is 0 Å². The number of imide groups is 1. The summed E-state index contributed by atoms with van der Waals surface area (Å²) in [6.07, 6.45) is -5.30. The number of benzene rings is 2. The number of halogens is 4. The fourth-order valence-electron chi connectivity index (χ4n) is 3.23. The monoisotopic (exact) mass is 467 g/mol. The standard InChI is InChI=1S/C22H21ClF3N3O3/c1-20(2,3)15-10-8-13(9-11-15)17(30)27-21(22(24,25)26)18(31)29(19(32)28-21)12-14-6-4-5-7-16(14)23/h4-11H,12H2,1-3H3,(H,27,30)(H,28,32)/t21-/m0/s1. The van der Waals surface area contributed by atoms with Crippen molar-refractivity contribution < 1.29 is 27.6 Å². The van der Waals surface area contributed by atoms with E-state index in [1.807, 2.05) is 20.8 Å². The van der Waals surface area contributed by atoms with E-state index in [1.165, 1.54) is 24.3 Å². The summed E-state index contributed by atoms with van der Waals surface area (Å²) in [5, 5.41) is 3.50. The average molecular weight is 468 g/mol. The first-order valence-corrected chi connectivity index (χ1v) is 10.0. The lowest BCUT2D eigenvalue weighted by Crippen LogP contribution is -2.69. The third-order valence-corrected chi connectivity index (χ3v) is 5.50. The highest BCUT2D eigenvalue weighted by Crippen LogP contribution is 2.35. The van der Waals surface area contributed by atoms with Crippen LogP contribution >= 0.6 is 11.6 Å². The molecule has 4 amide bonds. The Morgan fingerprint density at radius 1 is 1.06 bits per heavy atom. The molecule has 32 heavy (non-hydrogen) atoms. The highest BCUT2D eigenvalue weighted by molar-refractivity contribution is 6.31. The largest absolute Gasteiger partial charge is 0.440 e. The number of carbonyl (C=O) groups is 3. The van der Waals surface area contributed by atoms with E-state index in [9.17, 15) is 27.6 Å². The van der Waals surface area contributed by atoms with Gasteiger partial charge in [0.15, 0.2) is 0 Å². The third kappa shape index (κ3) is 4.29. The predicted octanol–water partition coefficient (Wildman–Crippen LogP) is 4.38. The Labute approximate surface area is 187 Å². The first kappa shape index (κ1) is 23.6. The molecule has 0 bridgehead atoms. The van der Waals surface area contributed by atoms with Crippen LogP contribution in [0.1, 0.15) is 42.3 Å². The quantitative estimate of drug-likeness (QED) is 0.655. The second-order valence-corrected chi connectivity index (χ2v) is 8.85. The lowest BCUT2D eigenvalue weighted by molar-refractivity contribution is -0.200. The van der Waals surface area contributed by atoms with Gasteiger partial charge in [-0.2, -0.15) is 13.2 Å². The molecule has 0 saturated carbocycles. The van der Waals surface area contributed by atoms with Gasteiger partial charge in [-0.1, -0.05) is 62.7 Å². The Morgan fingerprint density at radius 3 is 2.19 bits per heavy atom. The maximum absolute atomic E-state index is 14.0. The van der Waals surface area contributed by atoms with E-state index in [2.05, 4.69) is 0 Å². The van der Waals surface area contributed by atoms with Crippen LogP contribution in [0.3, 0.4) is 0 Å². The van der Waals surface area contributed by atoms with Gasteiger partial charge in [0.25, 0.3) is 17.5 Å². The van der Waals surface area contributed by atoms with Gasteiger partial charge in [0.1, 0.15) is 0 Å². The number of hydrogen-bond acceptors (Lipinski definition) is 3. The second-order valence-electron chi connectivity index (χ2n) is 8.44. The molecule has 0 radical (unpaired) electrons. The molecule has 1 fully saturated rings. The zero-order valence-corrected chi connectivity index (χ0v) is 18.3. The van der Waals surface area contributed by atoms with Gasteiger partial charge < -0.3 is 5.32 Å². The predicted molar refractivity (Wildman–Crippen MR) is 112 cm³/mol. The van der Waals surface area contributed by atoms with Gasteiger partial charge in [-0.05, 0) is 34.7 Å². The third-order valence-electron chi connectivity index (χ3n) is 5.13. The van der Waals surface area contributed by atoms with Gasteiger partial charge in [0, 0.05) is 10.6 Å². The maximum Gasteiger partial charge on any atom is 0.440 e. The van der Waals surface area contributed by atoms with Crippen LogP contribution in [0.25, 0.3) is 0 Å². The minimum atomic E-state index is -5.30. The van der Waals surface area contributed by atoms with E-state index < -0.39 is 36.2 Å². The molecule has 6 nitrogen and oxygen atoms in total. The summed E-state index contributed by atoms with van der Waals surface area (Å²) in [7, 11) is 0. The summed E-state index contributed by atoms with van der Waals surface area (Å²) in [5.74, 6) is -2.80. The molecular formula is C22H21ClF3N3O3. The van der Waals surface area contributed by atoms with Crippen molar-refractivity contribution >= 4 is 29.4 Å². The number of alkyl halides is 3. The number of urea groups is 1. The molecule has 0 unspecified atom stereocenters. The molecule has 3 rings (SSSR count). The zero-order valence-electron chi connectivity index (χ0n) is 17.5. The minimum absolute atomic E-state index is 0.0896. The van der Waals surface area contributed by atoms with Crippen molar-refractivity contribution in [2.45, 2.75) is 44.6 Å². The van der Waals surface area contributed by atoms with Crippen molar-refractivity contribution in [3.05, 3.63) is 70.2 Å². The lowest BCUT2D eigenvalue weighted by atomic mass is 9.86. The van der Waals surface area contributed by atoms with Crippen LogP contribution in [0.2, 0.25) is 5.02 Å². The Kier molecular flexibility index (Phi) is 5.99. The summed E-state index contributed by atoms with van der Waals surface area (Å²) < 4.78 is 42.1. The summed E-state index contributed by atoms with van der Waals surface area (Å²) in [5.41, 5.74) is -2.76. The van der Waals surface area contributed by atoms with Crippen LogP contribution in [-0.2, 0) is 16.8 Å². The molecule has 1 atom stereocenters. The van der Waals surface area contributed by atoms with Crippen molar-refractivity contribution in [2.75, 3.05) is 0 Å². The molecule has 1 aliphatic rings. The Bertz CT molecular complexity index is 1060. The second kappa shape index (κ2) is 8.12. The number of nitrogens with zero attached hydrogens (tertiary/aromatic N) is 1. The Balaban J connectivity index is 1.90. The molecule has 0 aliphatic carbocycles. The normalized spacial score (nSPS) is 19.2. The summed E-state index contributed by atoms with van der Waals surface area (Å²) in [6.45, 7) is 5.35. The Morgan fingerprint density at radius 2 is 1.66 bits per heavy atom. The molecule has 0 aromatic heterocycles. The van der Waals surface area contributed by atoms with Crippen LogP contribution < -0.4 is 10.6 Å². The number of nitrogens with one attached hydrogen (secondary N) is 2. The number of hydrogen-bond donors (Lipinski definition) is 2. The van der Waals surface area contributed by atoms with Gasteiger partial charge >= 0.3 is 12.2 Å².